The van der Waals surface area contributed by atoms with Crippen molar-refractivity contribution in [2.45, 2.75) is 18.7 Å². The number of hydrogen-bond donors (Lipinski definition) is 2. The lowest BCUT2D eigenvalue weighted by Crippen LogP contribution is -2.41. The Bertz CT molecular complexity index is 1670. The SMILES string of the molecule is O=C(Nc1ccc(-n2cnn(CC(O)(Cn3cncn3)c3ccc(F)cc3F)c2=O)cc1)c1ccc(F)cc1. The van der Waals surface area contributed by atoms with E-state index in [1.807, 2.05) is 0 Å². The Labute approximate surface area is 218 Å². The summed E-state index contributed by atoms with van der Waals surface area (Å²) in [5, 5.41) is 22.2. The van der Waals surface area contributed by atoms with Crippen molar-refractivity contribution >= 4 is 11.6 Å². The molecule has 3 aromatic carbocycles. The molecule has 2 heterocycles. The van der Waals surface area contributed by atoms with E-state index in [9.17, 15) is 27.9 Å². The molecule has 0 saturated heterocycles. The second-order valence-electron chi connectivity index (χ2n) is 8.70. The van der Waals surface area contributed by atoms with Crippen molar-refractivity contribution in [2.75, 3.05) is 5.32 Å². The van der Waals surface area contributed by atoms with Gasteiger partial charge in [-0.15, -0.1) is 0 Å². The lowest BCUT2D eigenvalue weighted by molar-refractivity contribution is -0.00948. The van der Waals surface area contributed by atoms with Crippen molar-refractivity contribution in [2.24, 2.45) is 0 Å². The molecule has 0 bridgehead atoms. The standard InChI is InChI=1S/C26H20F3N7O3/c27-18-3-1-17(2-4-18)24(37)33-20-6-8-21(9-7-20)35-16-32-36(25(35)38)13-26(39,12-34-15-30-14-31-34)22-10-5-19(28)11-23(22)29/h1-11,14-16,39H,12-13H2,(H,33,37). The molecule has 1 atom stereocenters. The molecule has 0 saturated carbocycles. The van der Waals surface area contributed by atoms with Crippen molar-refractivity contribution in [1.29, 1.82) is 0 Å². The first kappa shape index (κ1) is 25.6. The number of carbonyl (C=O) groups is 1. The molecule has 13 heteroatoms. The third kappa shape index (κ3) is 5.48. The molecule has 0 aliphatic carbocycles. The van der Waals surface area contributed by atoms with Gasteiger partial charge in [0.1, 0.15) is 42.0 Å². The molecule has 5 rings (SSSR count). The molecule has 0 aliphatic rings. The minimum Gasteiger partial charge on any atom is -0.381 e. The summed E-state index contributed by atoms with van der Waals surface area (Å²) in [5.41, 5.74) is -1.82. The van der Waals surface area contributed by atoms with Crippen LogP contribution in [0.3, 0.4) is 0 Å². The summed E-state index contributed by atoms with van der Waals surface area (Å²) in [6.07, 6.45) is 3.77. The summed E-state index contributed by atoms with van der Waals surface area (Å²) in [6.45, 7) is -0.773. The number of carbonyl (C=O) groups excluding carboxylic acids is 1. The third-order valence-corrected chi connectivity index (χ3v) is 5.98. The summed E-state index contributed by atoms with van der Waals surface area (Å²) in [6, 6.07) is 14.1. The van der Waals surface area contributed by atoms with Crippen molar-refractivity contribution in [3.05, 3.63) is 125 Å². The van der Waals surface area contributed by atoms with Gasteiger partial charge in [-0.05, 0) is 54.6 Å². The van der Waals surface area contributed by atoms with Gasteiger partial charge >= 0.3 is 5.69 Å². The second kappa shape index (κ2) is 10.4. The zero-order valence-electron chi connectivity index (χ0n) is 20.1. The van der Waals surface area contributed by atoms with Gasteiger partial charge in [-0.1, -0.05) is 6.07 Å². The maximum Gasteiger partial charge on any atom is 0.350 e. The van der Waals surface area contributed by atoms with Crippen LogP contribution in [0.5, 0.6) is 0 Å². The Morgan fingerprint density at radius 3 is 2.28 bits per heavy atom. The number of anilines is 1. The summed E-state index contributed by atoms with van der Waals surface area (Å²) in [7, 11) is 0. The van der Waals surface area contributed by atoms with E-state index in [0.29, 0.717) is 17.4 Å². The minimum atomic E-state index is -2.04. The molecule has 0 radical (unpaired) electrons. The van der Waals surface area contributed by atoms with Crippen LogP contribution in [0, 0.1) is 17.5 Å². The number of aliphatic hydroxyl groups is 1. The summed E-state index contributed by atoms with van der Waals surface area (Å²) in [4.78, 5) is 29.3. The van der Waals surface area contributed by atoms with Crippen LogP contribution in [-0.4, -0.2) is 40.1 Å². The largest absolute Gasteiger partial charge is 0.381 e. The Hall–Kier alpha value is -5.04. The Morgan fingerprint density at radius 1 is 0.897 bits per heavy atom. The summed E-state index contributed by atoms with van der Waals surface area (Å²) < 4.78 is 44.7. The zero-order chi connectivity index (χ0) is 27.6. The van der Waals surface area contributed by atoms with Gasteiger partial charge in [0.05, 0.1) is 18.8 Å². The molecule has 1 amide bonds. The highest BCUT2D eigenvalue weighted by molar-refractivity contribution is 6.04. The van der Waals surface area contributed by atoms with Gasteiger partial charge in [-0.3, -0.25) is 4.79 Å². The molecule has 39 heavy (non-hydrogen) atoms. The van der Waals surface area contributed by atoms with Crippen molar-refractivity contribution in [1.82, 2.24) is 29.1 Å². The lowest BCUT2D eigenvalue weighted by atomic mass is 9.93. The van der Waals surface area contributed by atoms with Crippen molar-refractivity contribution in [3.63, 3.8) is 0 Å². The molecule has 0 fully saturated rings. The first-order chi connectivity index (χ1) is 18.7. The number of nitrogens with one attached hydrogen (secondary N) is 1. The fourth-order valence-electron chi connectivity index (χ4n) is 4.05. The number of rotatable bonds is 8. The van der Waals surface area contributed by atoms with Crippen LogP contribution in [0.1, 0.15) is 15.9 Å². The average Bonchev–Trinajstić information content (AvgIpc) is 3.54. The molecular weight excluding hydrogens is 515 g/mol. The Kier molecular flexibility index (Phi) is 6.81. The van der Waals surface area contributed by atoms with Crippen LogP contribution in [-0.2, 0) is 18.7 Å². The van der Waals surface area contributed by atoms with Crippen LogP contribution < -0.4 is 11.0 Å². The Balaban J connectivity index is 1.38. The first-order valence-corrected chi connectivity index (χ1v) is 11.5. The number of nitrogens with zero attached hydrogens (tertiary/aromatic N) is 6. The fourth-order valence-corrected chi connectivity index (χ4v) is 4.05. The van der Waals surface area contributed by atoms with Gasteiger partial charge in [-0.2, -0.15) is 10.2 Å². The molecule has 5 aromatic rings. The molecule has 0 spiro atoms. The number of aromatic nitrogens is 6. The highest BCUT2D eigenvalue weighted by atomic mass is 19.1. The van der Waals surface area contributed by atoms with Crippen LogP contribution in [0.2, 0.25) is 0 Å². The van der Waals surface area contributed by atoms with E-state index in [1.54, 1.807) is 24.3 Å². The van der Waals surface area contributed by atoms with E-state index in [-0.39, 0.29) is 17.7 Å². The topological polar surface area (TPSA) is 120 Å². The normalized spacial score (nSPS) is 12.7. The number of hydrogen-bond acceptors (Lipinski definition) is 6. The van der Waals surface area contributed by atoms with Gasteiger partial charge in [0.15, 0.2) is 0 Å². The molecular formula is C26H20F3N7O3. The van der Waals surface area contributed by atoms with E-state index < -0.39 is 41.2 Å². The molecule has 2 aromatic heterocycles. The summed E-state index contributed by atoms with van der Waals surface area (Å²) >= 11 is 0. The predicted octanol–water partition coefficient (Wildman–Crippen LogP) is 2.88. The van der Waals surface area contributed by atoms with Crippen LogP contribution in [0.25, 0.3) is 5.69 Å². The quantitative estimate of drug-likeness (QED) is 0.315. The molecule has 198 valence electrons. The fraction of sp³-hybridized carbons (Fsp3) is 0.115. The number of halogens is 3. The molecule has 10 nitrogen and oxygen atoms in total. The average molecular weight is 535 g/mol. The highest BCUT2D eigenvalue weighted by Gasteiger charge is 2.35. The lowest BCUT2D eigenvalue weighted by Gasteiger charge is -2.28. The van der Waals surface area contributed by atoms with Crippen LogP contribution in [0.15, 0.2) is 90.5 Å². The molecule has 0 aliphatic heterocycles. The maximum atomic E-state index is 14.7. The van der Waals surface area contributed by atoms with Crippen molar-refractivity contribution < 1.29 is 23.1 Å². The van der Waals surface area contributed by atoms with Gasteiger partial charge in [-0.25, -0.2) is 36.9 Å². The van der Waals surface area contributed by atoms with E-state index in [0.717, 1.165) is 16.8 Å². The van der Waals surface area contributed by atoms with Gasteiger partial charge in [0, 0.05) is 22.9 Å². The zero-order valence-corrected chi connectivity index (χ0v) is 20.1. The molecule has 2 N–H and O–H groups in total. The van der Waals surface area contributed by atoms with E-state index in [2.05, 4.69) is 20.5 Å². The maximum absolute atomic E-state index is 14.7. The van der Waals surface area contributed by atoms with Gasteiger partial charge < -0.3 is 10.4 Å². The van der Waals surface area contributed by atoms with Gasteiger partial charge in [0.25, 0.3) is 5.91 Å². The highest BCUT2D eigenvalue weighted by Crippen LogP contribution is 2.28. The summed E-state index contributed by atoms with van der Waals surface area (Å²) in [5.74, 6) is -2.71. The van der Waals surface area contributed by atoms with Crippen molar-refractivity contribution in [3.8, 4) is 5.69 Å². The monoisotopic (exact) mass is 535 g/mol. The van der Waals surface area contributed by atoms with Crippen LogP contribution >= 0.6 is 0 Å². The third-order valence-electron chi connectivity index (χ3n) is 5.98. The number of amides is 1. The van der Waals surface area contributed by atoms with E-state index in [1.165, 1.54) is 52.5 Å². The minimum absolute atomic E-state index is 0.248. The van der Waals surface area contributed by atoms with E-state index >= 15 is 0 Å². The predicted molar refractivity (Wildman–Crippen MR) is 132 cm³/mol. The molecule has 1 unspecified atom stereocenters. The first-order valence-electron chi connectivity index (χ1n) is 11.5. The number of benzene rings is 3. The smallest absolute Gasteiger partial charge is 0.350 e. The van der Waals surface area contributed by atoms with Crippen LogP contribution in [0.4, 0.5) is 18.9 Å². The van der Waals surface area contributed by atoms with Gasteiger partial charge in [0.2, 0.25) is 0 Å². The van der Waals surface area contributed by atoms with E-state index in [4.69, 9.17) is 0 Å². The Morgan fingerprint density at radius 2 is 1.62 bits per heavy atom. The second-order valence-corrected chi connectivity index (χ2v) is 8.70.